The molecule has 6 N–H and O–H groups in total. The van der Waals surface area contributed by atoms with Crippen LogP contribution in [-0.2, 0) is 13.9 Å². The van der Waals surface area contributed by atoms with Gasteiger partial charge in [-0.25, -0.2) is 4.57 Å². The predicted octanol–water partition coefficient (Wildman–Crippen LogP) is -1.07. The lowest BCUT2D eigenvalue weighted by Crippen LogP contribution is -2.42. The summed E-state index contributed by atoms with van der Waals surface area (Å²) in [5.41, 5.74) is 10.5. The molecule has 0 aliphatic heterocycles. The zero-order chi connectivity index (χ0) is 11.5. The molecule has 3 atom stereocenters. The lowest BCUT2D eigenvalue weighted by Gasteiger charge is -2.20. The van der Waals surface area contributed by atoms with Gasteiger partial charge in [-0.15, -0.1) is 0 Å². The van der Waals surface area contributed by atoms with Gasteiger partial charge in [0.25, 0.3) is 0 Å². The third-order valence-corrected chi connectivity index (χ3v) is 2.17. The summed E-state index contributed by atoms with van der Waals surface area (Å²) in [6.45, 7) is 2.86. The minimum absolute atomic E-state index is 0.411. The van der Waals surface area contributed by atoms with Crippen LogP contribution in [0.3, 0.4) is 0 Å². The van der Waals surface area contributed by atoms with Crippen molar-refractivity contribution in [1.29, 1.82) is 0 Å². The molecular weight excluding hydrogens is 211 g/mol. The first-order valence-electron chi connectivity index (χ1n) is 3.94. The number of ketones is 1. The molecule has 0 radical (unpaired) electrons. The van der Waals surface area contributed by atoms with Gasteiger partial charge in [0.2, 0.25) is 0 Å². The predicted molar refractivity (Wildman–Crippen MR) is 48.9 cm³/mol. The highest BCUT2D eigenvalue weighted by molar-refractivity contribution is 7.46. The number of nitrogens with two attached hydrogens (primary N) is 2. The van der Waals surface area contributed by atoms with Crippen LogP contribution in [0.1, 0.15) is 13.8 Å². The molecule has 84 valence electrons. The molecule has 0 bridgehead atoms. The zero-order valence-electron chi connectivity index (χ0n) is 7.95. The summed E-state index contributed by atoms with van der Waals surface area (Å²) >= 11 is 0. The Kier molecular flexibility index (Phi) is 4.87. The monoisotopic (exact) mass is 226 g/mol. The van der Waals surface area contributed by atoms with E-state index in [1.807, 2.05) is 0 Å². The summed E-state index contributed by atoms with van der Waals surface area (Å²) in [6.07, 6.45) is -1.35. The molecule has 0 aliphatic rings. The van der Waals surface area contributed by atoms with Crippen molar-refractivity contribution in [1.82, 2.24) is 0 Å². The highest BCUT2D eigenvalue weighted by atomic mass is 31.2. The summed E-state index contributed by atoms with van der Waals surface area (Å²) < 4.78 is 14.5. The fourth-order valence-electron chi connectivity index (χ4n) is 0.826. The molecule has 0 fully saturated rings. The first-order chi connectivity index (χ1) is 6.15. The fourth-order valence-corrected chi connectivity index (χ4v) is 1.33. The number of hydrogen-bond acceptors (Lipinski definition) is 5. The maximum Gasteiger partial charge on any atom is 0.471 e. The molecule has 0 saturated carbocycles. The molecule has 0 aromatic carbocycles. The molecule has 8 heteroatoms. The van der Waals surface area contributed by atoms with Gasteiger partial charge in [0.05, 0.1) is 12.0 Å². The lowest BCUT2D eigenvalue weighted by molar-refractivity contribution is -0.126. The van der Waals surface area contributed by atoms with Crippen LogP contribution in [0.4, 0.5) is 0 Å². The molecule has 0 amide bonds. The lowest BCUT2D eigenvalue weighted by atomic mass is 10.0. The van der Waals surface area contributed by atoms with Crippen LogP contribution in [0, 0.1) is 5.92 Å². The smallest absolute Gasteiger partial charge is 0.322 e. The van der Waals surface area contributed by atoms with Gasteiger partial charge in [-0.1, -0.05) is 6.92 Å². The van der Waals surface area contributed by atoms with E-state index in [0.29, 0.717) is 0 Å². The number of rotatable bonds is 5. The van der Waals surface area contributed by atoms with Crippen molar-refractivity contribution in [3.05, 3.63) is 0 Å². The maximum absolute atomic E-state index is 11.2. The molecule has 0 aromatic heterocycles. The third kappa shape index (κ3) is 4.80. The average molecular weight is 226 g/mol. The Balaban J connectivity index is 4.33. The summed E-state index contributed by atoms with van der Waals surface area (Å²) in [6, 6.07) is -0.739. The van der Waals surface area contributed by atoms with E-state index in [4.69, 9.17) is 21.3 Å². The Morgan fingerprint density at radius 1 is 1.36 bits per heavy atom. The molecule has 7 nitrogen and oxygen atoms in total. The van der Waals surface area contributed by atoms with Crippen LogP contribution in [0.25, 0.3) is 0 Å². The van der Waals surface area contributed by atoms with E-state index in [9.17, 15) is 9.36 Å². The van der Waals surface area contributed by atoms with Crippen molar-refractivity contribution in [3.8, 4) is 0 Å². The van der Waals surface area contributed by atoms with E-state index in [1.165, 1.54) is 13.8 Å². The number of carbonyl (C=O) groups is 1. The van der Waals surface area contributed by atoms with E-state index in [-0.39, 0.29) is 0 Å². The van der Waals surface area contributed by atoms with Gasteiger partial charge in [0.1, 0.15) is 6.23 Å². The van der Waals surface area contributed by atoms with Crippen molar-refractivity contribution in [2.24, 2.45) is 17.4 Å². The number of phosphoric ester groups is 1. The van der Waals surface area contributed by atoms with E-state index >= 15 is 0 Å². The SMILES string of the molecule is CC(C(=O)[C@H](C)N)C(N)OP(=O)(O)O. The van der Waals surface area contributed by atoms with Crippen molar-refractivity contribution in [3.63, 3.8) is 0 Å². The van der Waals surface area contributed by atoms with E-state index in [0.717, 1.165) is 0 Å². The van der Waals surface area contributed by atoms with E-state index < -0.39 is 31.8 Å². The Hall–Kier alpha value is -0.300. The van der Waals surface area contributed by atoms with Gasteiger partial charge in [0.15, 0.2) is 5.78 Å². The van der Waals surface area contributed by atoms with Crippen molar-refractivity contribution < 1.29 is 23.7 Å². The molecule has 0 aromatic rings. The quantitative estimate of drug-likeness (QED) is 0.346. The molecule has 0 saturated heterocycles. The van der Waals surface area contributed by atoms with E-state index in [2.05, 4.69) is 4.52 Å². The van der Waals surface area contributed by atoms with Crippen LogP contribution in [0.15, 0.2) is 0 Å². The zero-order valence-corrected chi connectivity index (χ0v) is 8.85. The Morgan fingerprint density at radius 2 is 1.79 bits per heavy atom. The summed E-state index contributed by atoms with van der Waals surface area (Å²) in [4.78, 5) is 28.1. The first-order valence-corrected chi connectivity index (χ1v) is 5.47. The van der Waals surface area contributed by atoms with Crippen LogP contribution in [-0.4, -0.2) is 27.8 Å². The van der Waals surface area contributed by atoms with Gasteiger partial charge in [-0.3, -0.25) is 9.32 Å². The standard InChI is InChI=1S/C6H15N2O5P/c1-3(5(9)4(2)7)6(8)13-14(10,11)12/h3-4,6H,7-8H2,1-2H3,(H2,10,11,12)/t3?,4-,6?/m0/s1. The minimum Gasteiger partial charge on any atom is -0.322 e. The molecule has 0 heterocycles. The largest absolute Gasteiger partial charge is 0.471 e. The average Bonchev–Trinajstić information content (AvgIpc) is 1.98. The van der Waals surface area contributed by atoms with Gasteiger partial charge < -0.3 is 21.3 Å². The van der Waals surface area contributed by atoms with Crippen LogP contribution in [0.2, 0.25) is 0 Å². The van der Waals surface area contributed by atoms with Gasteiger partial charge >= 0.3 is 7.82 Å². The summed E-state index contributed by atoms with van der Waals surface area (Å²) in [5, 5.41) is 0. The topological polar surface area (TPSA) is 136 Å². The summed E-state index contributed by atoms with van der Waals surface area (Å²) in [7, 11) is -4.66. The molecule has 0 spiro atoms. The Bertz CT molecular complexity index is 251. The Morgan fingerprint density at radius 3 is 2.07 bits per heavy atom. The van der Waals surface area contributed by atoms with Gasteiger partial charge in [0, 0.05) is 0 Å². The van der Waals surface area contributed by atoms with Crippen molar-refractivity contribution in [2.75, 3.05) is 0 Å². The second kappa shape index (κ2) is 4.97. The highest BCUT2D eigenvalue weighted by Gasteiger charge is 2.29. The first kappa shape index (κ1) is 13.7. The fraction of sp³-hybridized carbons (Fsp3) is 0.833. The second-order valence-electron chi connectivity index (χ2n) is 3.04. The van der Waals surface area contributed by atoms with Gasteiger partial charge in [-0.2, -0.15) is 0 Å². The molecule has 2 unspecified atom stereocenters. The van der Waals surface area contributed by atoms with Gasteiger partial charge in [-0.05, 0) is 6.92 Å². The van der Waals surface area contributed by atoms with Crippen molar-refractivity contribution in [2.45, 2.75) is 26.1 Å². The Labute approximate surface area is 81.7 Å². The number of phosphoric acid groups is 1. The molecule has 0 aliphatic carbocycles. The maximum atomic E-state index is 11.2. The number of Topliss-reactive ketones (excluding diaryl/α,β-unsaturated/α-hetero) is 1. The van der Waals surface area contributed by atoms with Crippen LogP contribution in [0.5, 0.6) is 0 Å². The van der Waals surface area contributed by atoms with E-state index in [1.54, 1.807) is 0 Å². The highest BCUT2D eigenvalue weighted by Crippen LogP contribution is 2.37. The third-order valence-electron chi connectivity index (χ3n) is 1.65. The van der Waals surface area contributed by atoms with Crippen LogP contribution >= 0.6 is 7.82 Å². The normalized spacial score (nSPS) is 18.7. The summed E-state index contributed by atoms with van der Waals surface area (Å²) in [5.74, 6) is -1.27. The molecule has 0 rings (SSSR count). The minimum atomic E-state index is -4.66. The number of carbonyl (C=O) groups excluding carboxylic acids is 1. The number of hydrogen-bond donors (Lipinski definition) is 4. The van der Waals surface area contributed by atoms with Crippen LogP contribution < -0.4 is 11.5 Å². The second-order valence-corrected chi connectivity index (χ2v) is 4.23. The van der Waals surface area contributed by atoms with Crippen molar-refractivity contribution >= 4 is 13.6 Å². The molecular formula is C6H15N2O5P. The molecule has 14 heavy (non-hydrogen) atoms.